The minimum absolute atomic E-state index is 0.187. The third-order valence-corrected chi connectivity index (χ3v) is 3.93. The molecule has 8 nitrogen and oxygen atoms in total. The van der Waals surface area contributed by atoms with E-state index in [0.717, 1.165) is 0 Å². The van der Waals surface area contributed by atoms with E-state index in [9.17, 15) is 15.0 Å². The summed E-state index contributed by atoms with van der Waals surface area (Å²) in [6.45, 7) is 0. The Kier molecular flexibility index (Phi) is 4.06. The fourth-order valence-electron chi connectivity index (χ4n) is 2.63. The molecule has 0 unspecified atom stereocenters. The molecule has 0 spiro atoms. The molecule has 4 aromatic rings. The predicted molar refractivity (Wildman–Crippen MR) is 97.5 cm³/mol. The summed E-state index contributed by atoms with van der Waals surface area (Å²) >= 11 is 0. The van der Waals surface area contributed by atoms with Crippen molar-refractivity contribution in [1.82, 2.24) is 14.5 Å². The average Bonchev–Trinajstić information content (AvgIpc) is 2.98. The number of hydrogen-bond acceptors (Lipinski definition) is 6. The molecule has 0 atom stereocenters. The predicted octanol–water partition coefficient (Wildman–Crippen LogP) is 3.76. The fourth-order valence-corrected chi connectivity index (χ4v) is 2.63. The fraction of sp³-hybridized carbons (Fsp3) is 0. The summed E-state index contributed by atoms with van der Waals surface area (Å²) in [6.07, 6.45) is 2.84. The van der Waals surface area contributed by atoms with Gasteiger partial charge in [0, 0.05) is 18.0 Å². The van der Waals surface area contributed by atoms with E-state index in [0.29, 0.717) is 16.9 Å². The molecule has 0 aliphatic carbocycles. The van der Waals surface area contributed by atoms with Crippen molar-refractivity contribution < 1.29 is 15.0 Å². The van der Waals surface area contributed by atoms with Crippen molar-refractivity contribution in [3.05, 3.63) is 72.6 Å². The average molecular weight is 359 g/mol. The molecule has 4 rings (SSSR count). The van der Waals surface area contributed by atoms with E-state index < -0.39 is 5.91 Å². The molecular weight excluding hydrogens is 346 g/mol. The largest absolute Gasteiger partial charge is 0.493 e. The highest BCUT2D eigenvalue weighted by Gasteiger charge is 2.19. The van der Waals surface area contributed by atoms with Gasteiger partial charge in [0.2, 0.25) is 11.8 Å². The van der Waals surface area contributed by atoms with Gasteiger partial charge in [-0.15, -0.1) is 10.2 Å². The molecular formula is C19H13N5O3. The van der Waals surface area contributed by atoms with E-state index in [1.165, 1.54) is 29.1 Å². The molecule has 2 N–H and O–H groups in total. The van der Waals surface area contributed by atoms with Gasteiger partial charge in [-0.3, -0.25) is 4.79 Å². The number of hydrogen-bond donors (Lipinski definition) is 2. The SMILES string of the molecule is O=C(N=Nc1ccccc1)c1ccc(-n2c(O)c3nccnc3c2O)cc1. The van der Waals surface area contributed by atoms with Gasteiger partial charge < -0.3 is 10.2 Å². The molecule has 8 heteroatoms. The molecule has 2 heterocycles. The van der Waals surface area contributed by atoms with Crippen molar-refractivity contribution >= 4 is 22.6 Å². The summed E-state index contributed by atoms with van der Waals surface area (Å²) in [5, 5.41) is 28.2. The molecule has 0 saturated carbocycles. The summed E-state index contributed by atoms with van der Waals surface area (Å²) in [5.41, 5.74) is 1.72. The van der Waals surface area contributed by atoms with Crippen molar-refractivity contribution in [3.63, 3.8) is 0 Å². The van der Waals surface area contributed by atoms with Crippen LogP contribution in [0.15, 0.2) is 77.2 Å². The van der Waals surface area contributed by atoms with E-state index in [1.54, 1.807) is 36.4 Å². The van der Waals surface area contributed by atoms with Crippen LogP contribution >= 0.6 is 0 Å². The lowest BCUT2D eigenvalue weighted by Crippen LogP contribution is -1.97. The van der Waals surface area contributed by atoms with Crippen molar-refractivity contribution in [2.75, 3.05) is 0 Å². The quantitative estimate of drug-likeness (QED) is 0.541. The maximum absolute atomic E-state index is 12.2. The Bertz CT molecular complexity index is 1110. The highest BCUT2D eigenvalue weighted by atomic mass is 16.3. The summed E-state index contributed by atoms with van der Waals surface area (Å²) < 4.78 is 1.20. The molecule has 2 aromatic heterocycles. The maximum atomic E-state index is 12.2. The van der Waals surface area contributed by atoms with Crippen LogP contribution in [0, 0.1) is 0 Å². The zero-order chi connectivity index (χ0) is 18.8. The van der Waals surface area contributed by atoms with E-state index in [-0.39, 0.29) is 22.8 Å². The van der Waals surface area contributed by atoms with Gasteiger partial charge in [0.05, 0.1) is 11.4 Å². The Hall–Kier alpha value is -4.07. The van der Waals surface area contributed by atoms with Gasteiger partial charge in [-0.25, -0.2) is 14.5 Å². The van der Waals surface area contributed by atoms with Gasteiger partial charge in [0.25, 0.3) is 5.91 Å². The van der Waals surface area contributed by atoms with Gasteiger partial charge in [-0.05, 0) is 36.4 Å². The lowest BCUT2D eigenvalue weighted by molar-refractivity contribution is 0.0995. The normalized spacial score (nSPS) is 11.3. The Balaban J connectivity index is 1.63. The van der Waals surface area contributed by atoms with Crippen LogP contribution in [0.4, 0.5) is 5.69 Å². The molecule has 0 bridgehead atoms. The number of benzene rings is 2. The third kappa shape index (κ3) is 2.99. The second kappa shape index (κ2) is 6.68. The van der Waals surface area contributed by atoms with Crippen LogP contribution in [-0.2, 0) is 0 Å². The molecule has 0 aliphatic heterocycles. The summed E-state index contributed by atoms with van der Waals surface area (Å²) in [6, 6.07) is 15.1. The minimum atomic E-state index is -0.500. The van der Waals surface area contributed by atoms with Crippen LogP contribution in [0.3, 0.4) is 0 Å². The molecule has 0 fully saturated rings. The van der Waals surface area contributed by atoms with E-state index in [2.05, 4.69) is 20.2 Å². The van der Waals surface area contributed by atoms with Crippen LogP contribution < -0.4 is 0 Å². The van der Waals surface area contributed by atoms with Gasteiger partial charge >= 0.3 is 0 Å². The van der Waals surface area contributed by atoms with E-state index in [4.69, 9.17) is 0 Å². The first-order chi connectivity index (χ1) is 13.1. The molecule has 0 radical (unpaired) electrons. The van der Waals surface area contributed by atoms with Crippen molar-refractivity contribution in [2.24, 2.45) is 10.2 Å². The molecule has 0 saturated heterocycles. The summed E-state index contributed by atoms with van der Waals surface area (Å²) in [4.78, 5) is 20.2. The number of carbonyl (C=O) groups is 1. The first-order valence-electron chi connectivity index (χ1n) is 8.00. The standard InChI is InChI=1S/C19H13N5O3/c25-17(23-22-13-4-2-1-3-5-13)12-6-8-14(9-7-12)24-18(26)15-16(19(24)27)21-11-10-20-15/h1-11,26-27H. The first kappa shape index (κ1) is 16.4. The second-order valence-corrected chi connectivity index (χ2v) is 5.62. The van der Waals surface area contributed by atoms with Crippen LogP contribution in [0.5, 0.6) is 11.8 Å². The number of nitrogens with zero attached hydrogens (tertiary/aromatic N) is 5. The molecule has 1 amide bonds. The Morgan fingerprint density at radius 1 is 0.852 bits per heavy atom. The van der Waals surface area contributed by atoms with Crippen molar-refractivity contribution in [2.45, 2.75) is 0 Å². The monoisotopic (exact) mass is 359 g/mol. The van der Waals surface area contributed by atoms with Gasteiger partial charge in [-0.1, -0.05) is 18.2 Å². The summed E-state index contributed by atoms with van der Waals surface area (Å²) in [5.74, 6) is -0.975. The smallest absolute Gasteiger partial charge is 0.295 e. The van der Waals surface area contributed by atoms with Crippen LogP contribution in [0.2, 0.25) is 0 Å². The van der Waals surface area contributed by atoms with Crippen molar-refractivity contribution in [1.29, 1.82) is 0 Å². The van der Waals surface area contributed by atoms with Crippen molar-refractivity contribution in [3.8, 4) is 17.4 Å². The first-order valence-corrected chi connectivity index (χ1v) is 8.00. The molecule has 2 aromatic carbocycles. The maximum Gasteiger partial charge on any atom is 0.295 e. The zero-order valence-corrected chi connectivity index (χ0v) is 13.9. The highest BCUT2D eigenvalue weighted by molar-refractivity contribution is 5.95. The molecule has 27 heavy (non-hydrogen) atoms. The Morgan fingerprint density at radius 2 is 1.44 bits per heavy atom. The van der Waals surface area contributed by atoms with E-state index in [1.807, 2.05) is 6.07 Å². The lowest BCUT2D eigenvalue weighted by atomic mass is 10.2. The number of carbonyl (C=O) groups excluding carboxylic acids is 1. The topological polar surface area (TPSA) is 113 Å². The third-order valence-electron chi connectivity index (χ3n) is 3.93. The molecule has 0 aliphatic rings. The highest BCUT2D eigenvalue weighted by Crippen LogP contribution is 2.36. The minimum Gasteiger partial charge on any atom is -0.493 e. The number of rotatable bonds is 3. The number of amides is 1. The van der Waals surface area contributed by atoms with Crippen LogP contribution in [0.25, 0.3) is 16.7 Å². The number of aromatic hydroxyl groups is 2. The number of aromatic nitrogens is 3. The summed E-state index contributed by atoms with van der Waals surface area (Å²) in [7, 11) is 0. The van der Waals surface area contributed by atoms with Gasteiger partial charge in [0.15, 0.2) is 11.0 Å². The lowest BCUT2D eigenvalue weighted by Gasteiger charge is -2.06. The van der Waals surface area contributed by atoms with E-state index >= 15 is 0 Å². The molecule has 132 valence electrons. The van der Waals surface area contributed by atoms with Crippen LogP contribution in [-0.4, -0.2) is 30.7 Å². The van der Waals surface area contributed by atoms with Gasteiger partial charge in [-0.2, -0.15) is 0 Å². The number of azo groups is 1. The van der Waals surface area contributed by atoms with Crippen LogP contribution in [0.1, 0.15) is 10.4 Å². The number of fused-ring (bicyclic) bond motifs is 1. The second-order valence-electron chi connectivity index (χ2n) is 5.62. The zero-order valence-electron chi connectivity index (χ0n) is 13.9. The Labute approximate surface area is 153 Å². The Morgan fingerprint density at radius 3 is 2.04 bits per heavy atom. The van der Waals surface area contributed by atoms with Gasteiger partial charge in [0.1, 0.15) is 0 Å².